The lowest BCUT2D eigenvalue weighted by Gasteiger charge is -1.92. The average molecular weight is 260 g/mol. The molecule has 1 aromatic rings. The Balaban J connectivity index is 0.000000364. The number of carbonyl (C=O) groups is 1. The largest absolute Gasteiger partial charge is 0.481 e. The number of nitrogens with zero attached hydrogens (tertiary/aromatic N) is 1. The zero-order chi connectivity index (χ0) is 11.0. The third-order valence-electron chi connectivity index (χ3n) is 1.20. The highest BCUT2D eigenvalue weighted by Gasteiger charge is 1.90. The molecule has 1 N–H and O–H groups in total. The molecule has 0 saturated carbocycles. The topological polar surface area (TPSA) is 66.7 Å². The van der Waals surface area contributed by atoms with Crippen LogP contribution < -0.4 is 0 Å². The third-order valence-corrected chi connectivity index (χ3v) is 1.84. The van der Waals surface area contributed by atoms with Crippen molar-refractivity contribution in [3.63, 3.8) is 0 Å². The van der Waals surface area contributed by atoms with E-state index in [1.807, 2.05) is 12.1 Å². The minimum absolute atomic E-state index is 0.477. The van der Waals surface area contributed by atoms with Crippen LogP contribution in [-0.2, 0) is 10.1 Å². The van der Waals surface area contributed by atoms with Crippen LogP contribution in [-0.4, -0.2) is 11.1 Å². The summed E-state index contributed by atoms with van der Waals surface area (Å²) < 4.78 is 0. The molecule has 0 saturated heterocycles. The van der Waals surface area contributed by atoms with Crippen LogP contribution in [0.5, 0.6) is 0 Å². The van der Waals surface area contributed by atoms with Gasteiger partial charge in [-0.2, -0.15) is 0 Å². The molecule has 0 unspecified atom stereocenters. The van der Waals surface area contributed by atoms with Crippen molar-refractivity contribution < 1.29 is 9.90 Å². The summed E-state index contributed by atoms with van der Waals surface area (Å²) in [4.78, 5) is 18.9. The molecule has 0 bridgehead atoms. The number of carboxylic acids is 1. The van der Waals surface area contributed by atoms with Gasteiger partial charge in [-0.05, 0) is 22.9 Å². The van der Waals surface area contributed by atoms with Crippen molar-refractivity contribution in [3.05, 3.63) is 34.7 Å². The smallest absolute Gasteiger partial charge is 0.300 e. The normalized spacial score (nSPS) is 8.43. The molecule has 0 spiro atoms. The summed E-state index contributed by atoms with van der Waals surface area (Å²) in [6.07, 6.45) is 0. The van der Waals surface area contributed by atoms with Crippen LogP contribution in [0.2, 0.25) is 0 Å². The fourth-order valence-corrected chi connectivity index (χ4v) is 1.02. The molecule has 0 aliphatic heterocycles. The minimum Gasteiger partial charge on any atom is -0.481 e. The number of rotatable bonds is 2. The quantitative estimate of drug-likeness (QED) is 0.656. The Hall–Kier alpha value is -1.23. The van der Waals surface area contributed by atoms with Gasteiger partial charge in [0.25, 0.3) is 5.97 Å². The summed E-state index contributed by atoms with van der Waals surface area (Å²) in [6, 6.07) is 7.13. The van der Waals surface area contributed by atoms with E-state index in [1.54, 1.807) is 12.1 Å². The molecule has 14 heavy (non-hydrogen) atoms. The van der Waals surface area contributed by atoms with E-state index in [0.29, 0.717) is 5.69 Å². The van der Waals surface area contributed by atoms with E-state index in [4.69, 9.17) is 9.90 Å². The summed E-state index contributed by atoms with van der Waals surface area (Å²) in [5, 5.41) is 11.0. The van der Waals surface area contributed by atoms with Gasteiger partial charge in [-0.15, -0.1) is 4.91 Å². The van der Waals surface area contributed by atoms with Crippen molar-refractivity contribution >= 4 is 27.6 Å². The van der Waals surface area contributed by atoms with Gasteiger partial charge in [-0.25, -0.2) is 0 Å². The Labute approximate surface area is 90.1 Å². The van der Waals surface area contributed by atoms with E-state index in [1.165, 1.54) is 0 Å². The van der Waals surface area contributed by atoms with Crippen LogP contribution in [0, 0.1) is 4.91 Å². The van der Waals surface area contributed by atoms with Gasteiger partial charge in [0.05, 0.1) is 0 Å². The number of nitroso groups, excluding NO2 is 1. The van der Waals surface area contributed by atoms with Gasteiger partial charge in [-0.1, -0.05) is 28.1 Å². The highest BCUT2D eigenvalue weighted by Crippen LogP contribution is 2.13. The molecule has 5 heteroatoms. The van der Waals surface area contributed by atoms with E-state index in [0.717, 1.165) is 17.8 Å². The molecule has 0 aromatic heterocycles. The maximum absolute atomic E-state index is 9.94. The number of carboxylic acid groups (broad SMARTS) is 1. The zero-order valence-corrected chi connectivity index (χ0v) is 9.19. The van der Waals surface area contributed by atoms with Gasteiger partial charge < -0.3 is 5.11 Å². The standard InChI is InChI=1S/C7H6BrNO.C2H4O2/c8-5-6-1-3-7(9-10)4-2-6;1-2(3)4/h1-4H,5H2;1H3,(H,3,4). The summed E-state index contributed by atoms with van der Waals surface area (Å²) in [5.74, 6) is -0.833. The number of halogens is 1. The first-order valence-corrected chi connectivity index (χ1v) is 4.90. The predicted molar refractivity (Wildman–Crippen MR) is 57.8 cm³/mol. The molecule has 0 radical (unpaired) electrons. The predicted octanol–water partition coefficient (Wildman–Crippen LogP) is 3.07. The molecule has 0 aliphatic carbocycles. The lowest BCUT2D eigenvalue weighted by molar-refractivity contribution is -0.134. The summed E-state index contributed by atoms with van der Waals surface area (Å²) in [6.45, 7) is 1.08. The number of aliphatic carboxylic acids is 1. The van der Waals surface area contributed by atoms with E-state index in [2.05, 4.69) is 21.1 Å². The van der Waals surface area contributed by atoms with Crippen molar-refractivity contribution in [3.8, 4) is 0 Å². The summed E-state index contributed by atoms with van der Waals surface area (Å²) in [5.41, 5.74) is 1.62. The van der Waals surface area contributed by atoms with Gasteiger partial charge in [0.15, 0.2) is 0 Å². The van der Waals surface area contributed by atoms with Crippen LogP contribution in [0.4, 0.5) is 5.69 Å². The van der Waals surface area contributed by atoms with Gasteiger partial charge in [0.1, 0.15) is 5.69 Å². The maximum Gasteiger partial charge on any atom is 0.300 e. The molecule has 0 amide bonds. The number of hydrogen-bond donors (Lipinski definition) is 1. The SMILES string of the molecule is CC(=O)O.O=Nc1ccc(CBr)cc1. The lowest BCUT2D eigenvalue weighted by atomic mass is 10.2. The van der Waals surface area contributed by atoms with Crippen LogP contribution in [0.25, 0.3) is 0 Å². The molecule has 0 fully saturated rings. The van der Waals surface area contributed by atoms with Crippen molar-refractivity contribution in [1.29, 1.82) is 0 Å². The molecule has 0 aliphatic rings. The first-order chi connectivity index (χ1) is 6.60. The molecule has 1 rings (SSSR count). The second-order valence-corrected chi connectivity index (χ2v) is 2.97. The van der Waals surface area contributed by atoms with Crippen LogP contribution in [0.3, 0.4) is 0 Å². The minimum atomic E-state index is -0.833. The maximum atomic E-state index is 9.94. The Morgan fingerprint density at radius 3 is 2.14 bits per heavy atom. The Morgan fingerprint density at radius 1 is 1.43 bits per heavy atom. The van der Waals surface area contributed by atoms with E-state index in [-0.39, 0.29) is 0 Å². The highest BCUT2D eigenvalue weighted by atomic mass is 79.9. The summed E-state index contributed by atoms with van der Waals surface area (Å²) >= 11 is 3.30. The fourth-order valence-electron chi connectivity index (χ4n) is 0.646. The van der Waals surface area contributed by atoms with Gasteiger partial charge in [0, 0.05) is 12.3 Å². The first-order valence-electron chi connectivity index (χ1n) is 3.78. The second kappa shape index (κ2) is 7.20. The molecule has 0 heterocycles. The van der Waals surface area contributed by atoms with Gasteiger partial charge in [0.2, 0.25) is 0 Å². The number of hydrogen-bond acceptors (Lipinski definition) is 3. The van der Waals surface area contributed by atoms with Crippen LogP contribution in [0.1, 0.15) is 12.5 Å². The molecular formula is C9H10BrNO3. The van der Waals surface area contributed by atoms with Crippen LogP contribution >= 0.6 is 15.9 Å². The second-order valence-electron chi connectivity index (χ2n) is 2.41. The molecule has 1 aromatic carbocycles. The van der Waals surface area contributed by atoms with Gasteiger partial charge in [-0.3, -0.25) is 4.79 Å². The van der Waals surface area contributed by atoms with E-state index >= 15 is 0 Å². The summed E-state index contributed by atoms with van der Waals surface area (Å²) in [7, 11) is 0. The van der Waals surface area contributed by atoms with Crippen molar-refractivity contribution in [2.75, 3.05) is 0 Å². The molecule has 4 nitrogen and oxygen atoms in total. The first kappa shape index (κ1) is 12.8. The third kappa shape index (κ3) is 6.30. The average Bonchev–Trinajstić information content (AvgIpc) is 2.17. The van der Waals surface area contributed by atoms with Gasteiger partial charge >= 0.3 is 0 Å². The fraction of sp³-hybridized carbons (Fsp3) is 0.222. The molecule has 0 atom stereocenters. The monoisotopic (exact) mass is 259 g/mol. The highest BCUT2D eigenvalue weighted by molar-refractivity contribution is 9.08. The Bertz CT molecular complexity index is 293. The number of benzene rings is 1. The van der Waals surface area contributed by atoms with Crippen molar-refractivity contribution in [2.45, 2.75) is 12.3 Å². The Morgan fingerprint density at radius 2 is 1.86 bits per heavy atom. The van der Waals surface area contributed by atoms with E-state index < -0.39 is 5.97 Å². The molecular weight excluding hydrogens is 250 g/mol. The van der Waals surface area contributed by atoms with Crippen molar-refractivity contribution in [2.24, 2.45) is 5.18 Å². The number of alkyl halides is 1. The lowest BCUT2D eigenvalue weighted by Crippen LogP contribution is -1.78. The Kier molecular flexibility index (Phi) is 6.57. The van der Waals surface area contributed by atoms with E-state index in [9.17, 15) is 4.91 Å². The van der Waals surface area contributed by atoms with Crippen molar-refractivity contribution in [1.82, 2.24) is 0 Å². The molecule has 76 valence electrons. The van der Waals surface area contributed by atoms with Crippen LogP contribution in [0.15, 0.2) is 29.4 Å². The zero-order valence-electron chi connectivity index (χ0n) is 7.61.